The first-order valence-corrected chi connectivity index (χ1v) is 17.5. The van der Waals surface area contributed by atoms with E-state index in [2.05, 4.69) is 15.6 Å². The highest BCUT2D eigenvalue weighted by Crippen LogP contribution is 2.49. The van der Waals surface area contributed by atoms with E-state index >= 15 is 0 Å². The first-order valence-electron chi connectivity index (χ1n) is 17.2. The van der Waals surface area contributed by atoms with Crippen LogP contribution in [0.3, 0.4) is 0 Å². The smallest absolute Gasteiger partial charge is 0.412 e. The first kappa shape index (κ1) is 37.9. The van der Waals surface area contributed by atoms with Crippen molar-refractivity contribution >= 4 is 57.7 Å². The number of benzene rings is 2. The zero-order valence-electron chi connectivity index (χ0n) is 30.3. The molecule has 7 atom stereocenters. The van der Waals surface area contributed by atoms with Crippen molar-refractivity contribution < 1.29 is 43.2 Å². The van der Waals surface area contributed by atoms with E-state index in [1.165, 1.54) is 19.1 Å². The number of halogens is 1. The maximum atomic E-state index is 14.1. The van der Waals surface area contributed by atoms with Gasteiger partial charge in [-0.25, -0.2) is 9.59 Å². The highest BCUT2D eigenvalue weighted by molar-refractivity contribution is 6.35. The van der Waals surface area contributed by atoms with E-state index in [1.807, 2.05) is 13.0 Å². The standard InChI is InChI=1S/C38H44ClN5O9/c1-20-9-7-11-29(50-6)38(48)19-28(51-36(47)43-38)21(2)34-37(3,53-34)30(18-31(45)44(4)26-16-22(15-20)17-27(49-5)32(26)39)52-35(46)42-25-13-12-24(40)23-10-8-14-41-33(23)25/h7-14,16-17,21,28-30,34,48H,15,18-19,40H2,1-6H3,(H,42,46)(H,43,47)/b11-7+,20-9+/t21-,28+,29-,30+,34+,37+,38+/m1/s1. The number of carbonyl (C=O) groups is 3. The van der Waals surface area contributed by atoms with Gasteiger partial charge in [0.1, 0.15) is 34.7 Å². The van der Waals surface area contributed by atoms with E-state index in [9.17, 15) is 19.5 Å². The largest absolute Gasteiger partial charge is 0.495 e. The van der Waals surface area contributed by atoms with Crippen LogP contribution in [-0.2, 0) is 30.2 Å². The van der Waals surface area contributed by atoms with Crippen LogP contribution in [-0.4, -0.2) is 85.2 Å². The number of rotatable bonds is 4. The summed E-state index contributed by atoms with van der Waals surface area (Å²) in [6.07, 6.45) is 1.71. The topological polar surface area (TPSA) is 187 Å². The average Bonchev–Trinajstić information content (AvgIpc) is 3.82. The predicted octanol–water partition coefficient (Wildman–Crippen LogP) is 5.50. The summed E-state index contributed by atoms with van der Waals surface area (Å²) in [4.78, 5) is 46.4. The molecule has 282 valence electrons. The zero-order chi connectivity index (χ0) is 38.2. The van der Waals surface area contributed by atoms with Crippen molar-refractivity contribution in [1.29, 1.82) is 0 Å². The number of aliphatic hydroxyl groups is 1. The SMILES string of the molecule is COc1cc2cc(c1Cl)N(C)C(=O)C[C@H](OC(=O)Nc1ccc(N)c3cccnc13)[C@]1(C)O[C@H]1[C@H](C)[C@@H]1C[C@@](O)(NC(=O)O1)[C@H](OC)/C=C/C=C(\C)C2. The molecule has 1 aromatic heterocycles. The van der Waals surface area contributed by atoms with Crippen molar-refractivity contribution in [2.24, 2.45) is 5.92 Å². The number of nitrogens with two attached hydrogens (primary N) is 1. The summed E-state index contributed by atoms with van der Waals surface area (Å²) >= 11 is 6.77. The molecule has 0 unspecified atom stereocenters. The van der Waals surface area contributed by atoms with Gasteiger partial charge >= 0.3 is 12.2 Å². The van der Waals surface area contributed by atoms with Crippen molar-refractivity contribution in [2.45, 2.75) is 75.8 Å². The summed E-state index contributed by atoms with van der Waals surface area (Å²) in [5.74, 6) is -0.572. The summed E-state index contributed by atoms with van der Waals surface area (Å²) in [5, 5.41) is 17.9. The molecule has 14 nitrogen and oxygen atoms in total. The fourth-order valence-corrected chi connectivity index (χ4v) is 7.48. The molecule has 2 aromatic carbocycles. The van der Waals surface area contributed by atoms with E-state index in [-0.39, 0.29) is 17.9 Å². The molecule has 0 aliphatic carbocycles. The summed E-state index contributed by atoms with van der Waals surface area (Å²) in [6, 6.07) is 10.4. The Labute approximate surface area is 312 Å². The molecule has 0 saturated carbocycles. The summed E-state index contributed by atoms with van der Waals surface area (Å²) < 4.78 is 29.2. The molecule has 3 aliphatic heterocycles. The summed E-state index contributed by atoms with van der Waals surface area (Å²) in [5.41, 5.74) is 6.54. The Kier molecular flexibility index (Phi) is 10.6. The molecule has 53 heavy (non-hydrogen) atoms. The van der Waals surface area contributed by atoms with Gasteiger partial charge in [-0.1, -0.05) is 42.3 Å². The molecular formula is C38H44ClN5O9. The monoisotopic (exact) mass is 749 g/mol. The fraction of sp³-hybridized carbons (Fsp3) is 0.421. The van der Waals surface area contributed by atoms with E-state index in [0.717, 1.165) is 11.1 Å². The highest BCUT2D eigenvalue weighted by atomic mass is 35.5. The molecule has 3 amide bonds. The lowest BCUT2D eigenvalue weighted by Gasteiger charge is -2.42. The average molecular weight is 750 g/mol. The third-order valence-electron chi connectivity index (χ3n) is 10.2. The van der Waals surface area contributed by atoms with Gasteiger partial charge < -0.3 is 39.4 Å². The Balaban J connectivity index is 1.38. The lowest BCUT2D eigenvalue weighted by Crippen LogP contribution is -2.63. The third kappa shape index (κ3) is 7.63. The van der Waals surface area contributed by atoms with E-state index in [4.69, 9.17) is 41.0 Å². The number of allylic oxidation sites excluding steroid dienone is 3. The summed E-state index contributed by atoms with van der Waals surface area (Å²) in [7, 11) is 4.51. The van der Waals surface area contributed by atoms with E-state index in [1.54, 1.807) is 75.6 Å². The molecule has 0 spiro atoms. The third-order valence-corrected chi connectivity index (χ3v) is 10.6. The van der Waals surface area contributed by atoms with Gasteiger partial charge in [0.15, 0.2) is 5.72 Å². The predicted molar refractivity (Wildman–Crippen MR) is 199 cm³/mol. The van der Waals surface area contributed by atoms with Crippen LogP contribution in [0.25, 0.3) is 10.9 Å². The molecule has 3 aromatic rings. The van der Waals surface area contributed by atoms with Crippen molar-refractivity contribution in [1.82, 2.24) is 10.3 Å². The number of hydrogen-bond donors (Lipinski definition) is 4. The minimum absolute atomic E-state index is 0.0452. The number of methoxy groups -OCH3 is 2. The molecule has 4 heterocycles. The van der Waals surface area contributed by atoms with E-state index in [0.29, 0.717) is 40.1 Å². The Morgan fingerprint density at radius 3 is 2.74 bits per heavy atom. The molecule has 3 aliphatic rings. The Bertz CT molecular complexity index is 1990. The minimum atomic E-state index is -1.82. The van der Waals surface area contributed by atoms with E-state index < -0.39 is 59.8 Å². The number of nitrogen functional groups attached to an aromatic ring is 1. The van der Waals surface area contributed by atoms with Gasteiger partial charge in [0.05, 0.1) is 36.5 Å². The number of fused-ring (bicyclic) bond motifs is 6. The number of nitrogens with zero attached hydrogens (tertiary/aromatic N) is 2. The maximum Gasteiger partial charge on any atom is 0.412 e. The summed E-state index contributed by atoms with van der Waals surface area (Å²) in [6.45, 7) is 5.46. The molecule has 6 rings (SSSR count). The second kappa shape index (κ2) is 14.9. The molecule has 2 saturated heterocycles. The number of ether oxygens (including phenoxy) is 5. The van der Waals surface area contributed by atoms with Crippen LogP contribution in [0.4, 0.5) is 26.7 Å². The lowest BCUT2D eigenvalue weighted by molar-refractivity contribution is -0.142. The second-order valence-corrected chi connectivity index (χ2v) is 14.3. The van der Waals surface area contributed by atoms with Crippen molar-refractivity contribution in [3.63, 3.8) is 0 Å². The molecule has 0 radical (unpaired) electrons. The van der Waals surface area contributed by atoms with Gasteiger partial charge in [-0.05, 0) is 62.2 Å². The molecular weight excluding hydrogens is 706 g/mol. The van der Waals surface area contributed by atoms with Crippen LogP contribution in [0, 0.1) is 5.92 Å². The first-order chi connectivity index (χ1) is 25.2. The van der Waals surface area contributed by atoms with Gasteiger partial charge in [0.25, 0.3) is 0 Å². The number of carbonyl (C=O) groups excluding carboxylic acids is 3. The number of alkyl carbamates (subject to hydrolysis) is 1. The van der Waals surface area contributed by atoms with Crippen LogP contribution in [0.1, 0.15) is 39.2 Å². The maximum absolute atomic E-state index is 14.1. The van der Waals surface area contributed by atoms with Crippen molar-refractivity contribution in [3.05, 3.63) is 77.0 Å². The van der Waals surface area contributed by atoms with Crippen molar-refractivity contribution in [2.75, 3.05) is 37.2 Å². The molecule has 15 heteroatoms. The Hall–Kier alpha value is -4.89. The lowest BCUT2D eigenvalue weighted by atomic mass is 9.83. The van der Waals surface area contributed by atoms with Gasteiger partial charge in [0, 0.05) is 43.8 Å². The van der Waals surface area contributed by atoms with Crippen molar-refractivity contribution in [3.8, 4) is 5.75 Å². The molecule has 5 N–H and O–H groups in total. The Morgan fingerprint density at radius 2 is 2.00 bits per heavy atom. The van der Waals surface area contributed by atoms with Gasteiger partial charge in [-0.3, -0.25) is 20.4 Å². The van der Waals surface area contributed by atoms with Crippen LogP contribution in [0.2, 0.25) is 5.02 Å². The van der Waals surface area contributed by atoms with Gasteiger partial charge in [-0.2, -0.15) is 0 Å². The number of epoxide rings is 1. The van der Waals surface area contributed by atoms with Gasteiger partial charge in [0.2, 0.25) is 5.91 Å². The fourth-order valence-electron chi connectivity index (χ4n) is 7.17. The van der Waals surface area contributed by atoms with Gasteiger partial charge in [-0.15, -0.1) is 0 Å². The highest BCUT2D eigenvalue weighted by Gasteiger charge is 2.64. The number of aromatic nitrogens is 1. The normalized spacial score (nSPS) is 30.6. The quantitative estimate of drug-likeness (QED) is 0.195. The molecule has 2 fully saturated rings. The van der Waals surface area contributed by atoms with Crippen LogP contribution < -0.4 is 26.0 Å². The van der Waals surface area contributed by atoms with Crippen LogP contribution in [0.5, 0.6) is 5.75 Å². The number of pyridine rings is 1. The second-order valence-electron chi connectivity index (χ2n) is 13.9. The number of amides is 3. The number of anilines is 3. The minimum Gasteiger partial charge on any atom is -0.495 e. The van der Waals surface area contributed by atoms with Crippen LogP contribution >= 0.6 is 11.6 Å². The molecule has 4 bridgehead atoms. The zero-order valence-corrected chi connectivity index (χ0v) is 31.1. The number of hydrogen-bond acceptors (Lipinski definition) is 11. The van der Waals surface area contributed by atoms with Crippen LogP contribution in [0.15, 0.2) is 66.4 Å². The Morgan fingerprint density at radius 1 is 1.23 bits per heavy atom. The number of nitrogens with one attached hydrogen (secondary N) is 2.